The van der Waals surface area contributed by atoms with Crippen molar-refractivity contribution >= 4 is 16.8 Å². The quantitative estimate of drug-likeness (QED) is 0.722. The molecular weight excluding hydrogens is 324 g/mol. The molecule has 0 atom stereocenters. The van der Waals surface area contributed by atoms with Crippen LogP contribution in [0.4, 0.5) is 0 Å². The van der Waals surface area contributed by atoms with Crippen LogP contribution in [-0.4, -0.2) is 16.5 Å². The zero-order chi connectivity index (χ0) is 17.8. The Morgan fingerprint density at radius 2 is 1.85 bits per heavy atom. The fraction of sp³-hybridized carbons (Fsp3) is 0.318. The fourth-order valence-corrected chi connectivity index (χ4v) is 3.69. The van der Waals surface area contributed by atoms with E-state index in [1.807, 2.05) is 53.2 Å². The van der Waals surface area contributed by atoms with E-state index in [9.17, 15) is 4.79 Å². The van der Waals surface area contributed by atoms with Gasteiger partial charge in [-0.05, 0) is 36.6 Å². The number of aromatic nitrogens is 1. The summed E-state index contributed by atoms with van der Waals surface area (Å²) in [5.41, 5.74) is 2.16. The Morgan fingerprint density at radius 3 is 2.65 bits per heavy atom. The van der Waals surface area contributed by atoms with Crippen LogP contribution in [0.3, 0.4) is 0 Å². The molecule has 4 rings (SSSR count). The number of ether oxygens (including phenoxy) is 1. The van der Waals surface area contributed by atoms with Gasteiger partial charge in [-0.1, -0.05) is 49.2 Å². The maximum Gasteiger partial charge on any atom is 0.240 e. The summed E-state index contributed by atoms with van der Waals surface area (Å²) in [5.74, 6) is 0.936. The van der Waals surface area contributed by atoms with Crippen molar-refractivity contribution in [3.05, 3.63) is 66.4 Å². The maximum absolute atomic E-state index is 12.3. The average molecular weight is 348 g/mol. The van der Waals surface area contributed by atoms with E-state index in [0.717, 1.165) is 35.1 Å². The minimum Gasteiger partial charge on any atom is -0.488 e. The van der Waals surface area contributed by atoms with Gasteiger partial charge in [0.15, 0.2) is 0 Å². The highest BCUT2D eigenvalue weighted by atomic mass is 16.5. The van der Waals surface area contributed by atoms with Crippen molar-refractivity contribution in [1.82, 2.24) is 9.88 Å². The molecule has 0 unspecified atom stereocenters. The molecule has 2 aromatic carbocycles. The first-order valence-corrected chi connectivity index (χ1v) is 9.33. The van der Waals surface area contributed by atoms with Crippen molar-refractivity contribution in [2.45, 2.75) is 44.9 Å². The molecule has 1 amide bonds. The van der Waals surface area contributed by atoms with Crippen molar-refractivity contribution in [3.8, 4) is 5.75 Å². The van der Waals surface area contributed by atoms with Crippen LogP contribution in [0.1, 0.15) is 31.2 Å². The summed E-state index contributed by atoms with van der Waals surface area (Å²) >= 11 is 0. The Bertz CT molecular complexity index is 880. The summed E-state index contributed by atoms with van der Waals surface area (Å²) in [6.45, 7) is 0.884. The lowest BCUT2D eigenvalue weighted by molar-refractivity contribution is -0.122. The minimum absolute atomic E-state index is 0.0880. The molecular formula is C22H24N2O2. The second-order valence-electron chi connectivity index (χ2n) is 6.96. The van der Waals surface area contributed by atoms with Crippen molar-refractivity contribution < 1.29 is 9.53 Å². The SMILES string of the molecule is O=C(Cn1ccc2c(OCc3ccccc3)cccc21)NC1CCCC1. The van der Waals surface area contributed by atoms with Crippen LogP contribution >= 0.6 is 0 Å². The van der Waals surface area contributed by atoms with E-state index in [2.05, 4.69) is 17.4 Å². The molecule has 134 valence electrons. The van der Waals surface area contributed by atoms with Gasteiger partial charge >= 0.3 is 0 Å². The molecule has 4 nitrogen and oxygen atoms in total. The van der Waals surface area contributed by atoms with Gasteiger partial charge in [-0.2, -0.15) is 0 Å². The third kappa shape index (κ3) is 3.74. The summed E-state index contributed by atoms with van der Waals surface area (Å²) in [6.07, 6.45) is 6.62. The van der Waals surface area contributed by atoms with Crippen molar-refractivity contribution in [1.29, 1.82) is 0 Å². The van der Waals surface area contributed by atoms with Crippen LogP contribution in [0.15, 0.2) is 60.8 Å². The highest BCUT2D eigenvalue weighted by Gasteiger charge is 2.17. The van der Waals surface area contributed by atoms with Crippen molar-refractivity contribution in [2.24, 2.45) is 0 Å². The smallest absolute Gasteiger partial charge is 0.240 e. The van der Waals surface area contributed by atoms with E-state index in [1.165, 1.54) is 12.8 Å². The molecule has 1 fully saturated rings. The Morgan fingerprint density at radius 1 is 1.04 bits per heavy atom. The minimum atomic E-state index is 0.0880. The lowest BCUT2D eigenvalue weighted by Crippen LogP contribution is -2.35. The molecule has 0 bridgehead atoms. The number of hydrogen-bond acceptors (Lipinski definition) is 2. The Hall–Kier alpha value is -2.75. The Kier molecular flexibility index (Phi) is 4.91. The van der Waals surface area contributed by atoms with Gasteiger partial charge in [-0.25, -0.2) is 0 Å². The monoisotopic (exact) mass is 348 g/mol. The molecule has 0 radical (unpaired) electrons. The second kappa shape index (κ2) is 7.65. The van der Waals surface area contributed by atoms with E-state index in [0.29, 0.717) is 19.2 Å². The summed E-state index contributed by atoms with van der Waals surface area (Å²) < 4.78 is 8.01. The van der Waals surface area contributed by atoms with Gasteiger partial charge in [-0.3, -0.25) is 4.79 Å². The zero-order valence-corrected chi connectivity index (χ0v) is 14.9. The average Bonchev–Trinajstić information content (AvgIpc) is 3.31. The molecule has 1 N–H and O–H groups in total. The van der Waals surface area contributed by atoms with E-state index in [-0.39, 0.29) is 5.91 Å². The van der Waals surface area contributed by atoms with Crippen LogP contribution in [0.5, 0.6) is 5.75 Å². The van der Waals surface area contributed by atoms with Gasteiger partial charge in [0.2, 0.25) is 5.91 Å². The number of rotatable bonds is 6. The van der Waals surface area contributed by atoms with Crippen LogP contribution < -0.4 is 10.1 Å². The largest absolute Gasteiger partial charge is 0.488 e. The first kappa shape index (κ1) is 16.7. The molecule has 0 aliphatic heterocycles. The summed E-state index contributed by atoms with van der Waals surface area (Å²) in [6, 6.07) is 18.5. The van der Waals surface area contributed by atoms with Gasteiger partial charge in [0.25, 0.3) is 0 Å². The number of nitrogens with one attached hydrogen (secondary N) is 1. The van der Waals surface area contributed by atoms with Crippen LogP contribution in [0, 0.1) is 0 Å². The van der Waals surface area contributed by atoms with Crippen LogP contribution in [0.25, 0.3) is 10.9 Å². The van der Waals surface area contributed by atoms with Crippen molar-refractivity contribution in [3.63, 3.8) is 0 Å². The highest BCUT2D eigenvalue weighted by molar-refractivity contribution is 5.88. The number of benzene rings is 2. The van der Waals surface area contributed by atoms with Gasteiger partial charge < -0.3 is 14.6 Å². The standard InChI is InChI=1S/C22H24N2O2/c25-22(23-18-9-4-5-10-18)15-24-14-13-19-20(24)11-6-12-21(19)26-16-17-7-2-1-3-8-17/h1-3,6-8,11-14,18H,4-5,9-10,15-16H2,(H,23,25). The summed E-state index contributed by atoms with van der Waals surface area (Å²) in [5, 5.41) is 4.19. The number of carbonyl (C=O) groups is 1. The first-order valence-electron chi connectivity index (χ1n) is 9.33. The molecule has 1 aliphatic carbocycles. The predicted octanol–water partition coefficient (Wildman–Crippen LogP) is 4.28. The van der Waals surface area contributed by atoms with E-state index in [4.69, 9.17) is 4.74 Å². The normalized spacial score (nSPS) is 14.6. The zero-order valence-electron chi connectivity index (χ0n) is 14.9. The lowest BCUT2D eigenvalue weighted by atomic mass is 10.2. The third-order valence-electron chi connectivity index (χ3n) is 5.05. The first-order chi connectivity index (χ1) is 12.8. The van der Waals surface area contributed by atoms with Crippen LogP contribution in [0.2, 0.25) is 0 Å². The topological polar surface area (TPSA) is 43.3 Å². The third-order valence-corrected chi connectivity index (χ3v) is 5.05. The number of amides is 1. The molecule has 1 aromatic heterocycles. The molecule has 0 spiro atoms. The maximum atomic E-state index is 12.3. The molecule has 26 heavy (non-hydrogen) atoms. The van der Waals surface area contributed by atoms with Gasteiger partial charge in [0.1, 0.15) is 18.9 Å². The lowest BCUT2D eigenvalue weighted by Gasteiger charge is -2.13. The number of fused-ring (bicyclic) bond motifs is 1. The molecule has 1 saturated carbocycles. The Balaban J connectivity index is 1.46. The molecule has 3 aromatic rings. The molecule has 4 heteroatoms. The molecule has 1 aliphatic rings. The van der Waals surface area contributed by atoms with Gasteiger partial charge in [0, 0.05) is 17.6 Å². The van der Waals surface area contributed by atoms with Gasteiger partial charge in [0.05, 0.1) is 5.52 Å². The summed E-state index contributed by atoms with van der Waals surface area (Å²) in [7, 11) is 0. The van der Waals surface area contributed by atoms with Crippen LogP contribution in [-0.2, 0) is 17.9 Å². The molecule has 1 heterocycles. The predicted molar refractivity (Wildman–Crippen MR) is 103 cm³/mol. The fourth-order valence-electron chi connectivity index (χ4n) is 3.69. The van der Waals surface area contributed by atoms with Gasteiger partial charge in [-0.15, -0.1) is 0 Å². The van der Waals surface area contributed by atoms with E-state index in [1.54, 1.807) is 0 Å². The van der Waals surface area contributed by atoms with Crippen molar-refractivity contribution in [2.75, 3.05) is 0 Å². The number of nitrogens with zero attached hydrogens (tertiary/aromatic N) is 1. The summed E-state index contributed by atoms with van der Waals surface area (Å²) in [4.78, 5) is 12.3. The second-order valence-corrected chi connectivity index (χ2v) is 6.96. The van der Waals surface area contributed by atoms with E-state index < -0.39 is 0 Å². The molecule has 0 saturated heterocycles. The Labute approximate surface area is 153 Å². The van der Waals surface area contributed by atoms with E-state index >= 15 is 0 Å². The number of hydrogen-bond donors (Lipinski definition) is 1. The highest BCUT2D eigenvalue weighted by Crippen LogP contribution is 2.27. The number of carbonyl (C=O) groups excluding carboxylic acids is 1.